The van der Waals surface area contributed by atoms with Crippen LogP contribution in [0.2, 0.25) is 0 Å². The van der Waals surface area contributed by atoms with Crippen molar-refractivity contribution in [2.75, 3.05) is 19.7 Å². The van der Waals surface area contributed by atoms with Crippen molar-refractivity contribution in [2.45, 2.75) is 63.4 Å². The first-order valence-corrected chi connectivity index (χ1v) is 13.1. The molecule has 3 aromatic rings. The van der Waals surface area contributed by atoms with E-state index in [9.17, 15) is 23.1 Å². The average Bonchev–Trinajstić information content (AvgIpc) is 2.90. The number of β-amino-alcohol motifs (C(OH)–C–C–N with tert-alkyl or cyclic N) is 1. The second-order valence-corrected chi connectivity index (χ2v) is 10.3. The van der Waals surface area contributed by atoms with Gasteiger partial charge in [-0.1, -0.05) is 37.6 Å². The summed E-state index contributed by atoms with van der Waals surface area (Å²) in [4.78, 5) is 19.3. The number of rotatable bonds is 6. The highest BCUT2D eigenvalue weighted by atomic mass is 19.4. The van der Waals surface area contributed by atoms with Crippen LogP contribution in [0, 0.1) is 0 Å². The van der Waals surface area contributed by atoms with Crippen LogP contribution in [0.15, 0.2) is 48.7 Å². The Bertz CT molecular complexity index is 1330. The number of halogens is 3. The number of likely N-dealkylation sites (tertiary alicyclic amines) is 1. The molecule has 0 unspecified atom stereocenters. The minimum atomic E-state index is -4.39. The molecule has 6 nitrogen and oxygen atoms in total. The number of pyridine rings is 1. The topological polar surface area (TPSA) is 74.7 Å². The molecule has 0 bridgehead atoms. The van der Waals surface area contributed by atoms with Gasteiger partial charge in [0.25, 0.3) is 5.91 Å². The number of aliphatic hydroxyl groups is 1. The lowest BCUT2D eigenvalue weighted by Gasteiger charge is -2.48. The lowest BCUT2D eigenvalue weighted by Crippen LogP contribution is -2.65. The predicted molar refractivity (Wildman–Crippen MR) is 138 cm³/mol. The Hall–Kier alpha value is -3.17. The number of alkyl halides is 3. The number of nitrogens with zero attached hydrogens (tertiary/aromatic N) is 2. The summed E-state index contributed by atoms with van der Waals surface area (Å²) in [6.07, 6.45) is -2.21. The van der Waals surface area contributed by atoms with E-state index in [1.807, 2.05) is 19.1 Å². The SMILES string of the molecule is CCCCOc1c(CC(F)(F)F)cnc2cc(C(=O)N3CC[C@]4(Cc5ccccc5CN4)[C@H](O)C3)ccc12. The second kappa shape index (κ2) is 10.5. The van der Waals surface area contributed by atoms with Gasteiger partial charge >= 0.3 is 6.18 Å². The van der Waals surface area contributed by atoms with Crippen molar-refractivity contribution in [2.24, 2.45) is 0 Å². The van der Waals surface area contributed by atoms with Crippen molar-refractivity contribution >= 4 is 16.8 Å². The highest BCUT2D eigenvalue weighted by molar-refractivity contribution is 5.99. The third-order valence-corrected chi connectivity index (χ3v) is 7.68. The summed E-state index contributed by atoms with van der Waals surface area (Å²) < 4.78 is 45.3. The van der Waals surface area contributed by atoms with Crippen LogP contribution in [0.4, 0.5) is 13.2 Å². The van der Waals surface area contributed by atoms with Crippen LogP contribution in [0.5, 0.6) is 5.75 Å². The molecule has 0 aliphatic carbocycles. The molecule has 1 aromatic heterocycles. The summed E-state index contributed by atoms with van der Waals surface area (Å²) in [5, 5.41) is 15.1. The zero-order valence-corrected chi connectivity index (χ0v) is 21.4. The second-order valence-electron chi connectivity index (χ2n) is 10.3. The predicted octanol–water partition coefficient (Wildman–Crippen LogP) is 4.81. The molecule has 2 atom stereocenters. The number of aromatic nitrogens is 1. The maximum Gasteiger partial charge on any atom is 0.393 e. The number of nitrogens with one attached hydrogen (secondary N) is 1. The minimum Gasteiger partial charge on any atom is -0.493 e. The summed E-state index contributed by atoms with van der Waals surface area (Å²) in [6, 6.07) is 13.0. The molecule has 2 N–H and O–H groups in total. The lowest BCUT2D eigenvalue weighted by atomic mass is 9.76. The van der Waals surface area contributed by atoms with Crippen molar-refractivity contribution in [3.05, 3.63) is 70.9 Å². The van der Waals surface area contributed by atoms with Gasteiger partial charge in [0, 0.05) is 42.3 Å². The van der Waals surface area contributed by atoms with Crippen LogP contribution < -0.4 is 10.1 Å². The number of fused-ring (bicyclic) bond motifs is 2. The van der Waals surface area contributed by atoms with Crippen LogP contribution in [0.25, 0.3) is 10.9 Å². The highest BCUT2D eigenvalue weighted by Crippen LogP contribution is 2.35. The van der Waals surface area contributed by atoms with E-state index < -0.39 is 24.2 Å². The first kappa shape index (κ1) is 26.4. The molecule has 1 saturated heterocycles. The maximum atomic E-state index is 13.4. The van der Waals surface area contributed by atoms with Crippen LogP contribution >= 0.6 is 0 Å². The van der Waals surface area contributed by atoms with E-state index >= 15 is 0 Å². The van der Waals surface area contributed by atoms with E-state index in [-0.39, 0.29) is 23.8 Å². The Morgan fingerprint density at radius 1 is 1.24 bits per heavy atom. The summed E-state index contributed by atoms with van der Waals surface area (Å²) in [6.45, 7) is 3.62. The molecule has 5 rings (SSSR count). The van der Waals surface area contributed by atoms with Crippen LogP contribution in [0.3, 0.4) is 0 Å². The summed E-state index contributed by atoms with van der Waals surface area (Å²) in [5.74, 6) is -0.0783. The molecule has 38 heavy (non-hydrogen) atoms. The molecule has 1 amide bonds. The van der Waals surface area contributed by atoms with E-state index in [2.05, 4.69) is 22.4 Å². The number of amides is 1. The van der Waals surface area contributed by atoms with Gasteiger partial charge in [-0.2, -0.15) is 13.2 Å². The smallest absolute Gasteiger partial charge is 0.393 e. The quantitative estimate of drug-likeness (QED) is 0.450. The molecular weight excluding hydrogens is 495 g/mol. The zero-order valence-electron chi connectivity index (χ0n) is 21.4. The maximum absolute atomic E-state index is 13.4. The van der Waals surface area contributed by atoms with Gasteiger partial charge in [-0.05, 0) is 48.6 Å². The van der Waals surface area contributed by atoms with Gasteiger partial charge in [0.1, 0.15) is 5.75 Å². The van der Waals surface area contributed by atoms with Crippen LogP contribution in [-0.4, -0.2) is 58.4 Å². The van der Waals surface area contributed by atoms with Crippen molar-refractivity contribution in [1.29, 1.82) is 0 Å². The Morgan fingerprint density at radius 3 is 2.76 bits per heavy atom. The third-order valence-electron chi connectivity index (χ3n) is 7.68. The van der Waals surface area contributed by atoms with E-state index in [4.69, 9.17) is 4.74 Å². The summed E-state index contributed by atoms with van der Waals surface area (Å²) in [7, 11) is 0. The van der Waals surface area contributed by atoms with Crippen molar-refractivity contribution in [3.8, 4) is 5.75 Å². The lowest BCUT2D eigenvalue weighted by molar-refractivity contribution is -0.127. The van der Waals surface area contributed by atoms with Gasteiger partial charge in [0.15, 0.2) is 0 Å². The first-order chi connectivity index (χ1) is 18.2. The monoisotopic (exact) mass is 527 g/mol. The Morgan fingerprint density at radius 2 is 2.03 bits per heavy atom. The van der Waals surface area contributed by atoms with E-state index in [1.54, 1.807) is 23.1 Å². The Balaban J connectivity index is 1.35. The van der Waals surface area contributed by atoms with Crippen molar-refractivity contribution < 1.29 is 27.8 Å². The zero-order chi connectivity index (χ0) is 26.9. The fourth-order valence-corrected chi connectivity index (χ4v) is 5.50. The molecule has 202 valence electrons. The Labute approximate surface area is 219 Å². The molecule has 9 heteroatoms. The van der Waals surface area contributed by atoms with Crippen molar-refractivity contribution in [3.63, 3.8) is 0 Å². The fraction of sp³-hybridized carbons (Fsp3) is 0.448. The normalized spacial score (nSPS) is 21.5. The molecule has 3 heterocycles. The number of benzene rings is 2. The summed E-state index contributed by atoms with van der Waals surface area (Å²) in [5.41, 5.74) is 2.71. The number of piperidine rings is 1. The van der Waals surface area contributed by atoms with Crippen LogP contribution in [-0.2, 0) is 19.4 Å². The number of carbonyl (C=O) groups is 1. The fourth-order valence-electron chi connectivity index (χ4n) is 5.50. The van der Waals surface area contributed by atoms with Gasteiger partial charge in [-0.15, -0.1) is 0 Å². The number of ether oxygens (including phenoxy) is 1. The molecule has 2 aromatic carbocycles. The molecular formula is C29H32F3N3O3. The van der Waals surface area contributed by atoms with E-state index in [0.717, 1.165) is 6.42 Å². The third kappa shape index (κ3) is 5.35. The molecule has 2 aliphatic rings. The number of carbonyl (C=O) groups excluding carboxylic acids is 1. The molecule has 0 saturated carbocycles. The van der Waals surface area contributed by atoms with Gasteiger partial charge in [-0.25, -0.2) is 0 Å². The van der Waals surface area contributed by atoms with Crippen molar-refractivity contribution in [1.82, 2.24) is 15.2 Å². The van der Waals surface area contributed by atoms with Gasteiger partial charge in [-0.3, -0.25) is 9.78 Å². The van der Waals surface area contributed by atoms with Crippen LogP contribution in [0.1, 0.15) is 53.2 Å². The summed E-state index contributed by atoms with van der Waals surface area (Å²) >= 11 is 0. The number of hydrogen-bond donors (Lipinski definition) is 2. The standard InChI is InChI=1S/C29H32F3N3O3/c1-2-3-12-38-26-22(15-29(30,31)32)16-33-24-13-19(8-9-23(24)26)27(37)35-11-10-28(25(36)18-35)14-20-6-4-5-7-21(20)17-34-28/h4-9,13,16,25,34,36H,2-3,10-12,14-15,17-18H2,1H3/t25-,28+/m1/s1. The Kier molecular flexibility index (Phi) is 7.33. The number of aliphatic hydroxyl groups excluding tert-OH is 1. The van der Waals surface area contributed by atoms with Gasteiger partial charge < -0.3 is 20.1 Å². The first-order valence-electron chi connectivity index (χ1n) is 13.1. The minimum absolute atomic E-state index is 0.0221. The van der Waals surface area contributed by atoms with E-state index in [1.165, 1.54) is 17.3 Å². The molecule has 1 spiro atoms. The van der Waals surface area contributed by atoms with Gasteiger partial charge in [0.05, 0.1) is 30.2 Å². The number of hydrogen-bond acceptors (Lipinski definition) is 5. The molecule has 2 aliphatic heterocycles. The highest BCUT2D eigenvalue weighted by Gasteiger charge is 2.45. The van der Waals surface area contributed by atoms with Gasteiger partial charge in [0.2, 0.25) is 0 Å². The average molecular weight is 528 g/mol. The molecule has 0 radical (unpaired) electrons. The van der Waals surface area contributed by atoms with E-state index in [0.29, 0.717) is 55.4 Å². The largest absolute Gasteiger partial charge is 0.493 e. The molecule has 1 fully saturated rings. The number of unbranched alkanes of at least 4 members (excludes halogenated alkanes) is 1.